The second-order valence-corrected chi connectivity index (χ2v) is 7.16. The number of halogens is 2. The number of hydrogen-bond acceptors (Lipinski definition) is 3. The lowest BCUT2D eigenvalue weighted by molar-refractivity contribution is 0.201. The van der Waals surface area contributed by atoms with Gasteiger partial charge < -0.3 is 19.7 Å². The number of hydrogen-bond donors (Lipinski definition) is 1. The molecule has 0 radical (unpaired) electrons. The zero-order valence-corrected chi connectivity index (χ0v) is 15.1. The highest BCUT2D eigenvalue weighted by atomic mass is 19.1. The Kier molecular flexibility index (Phi) is 4.96. The van der Waals surface area contributed by atoms with Crippen molar-refractivity contribution in [3.8, 4) is 0 Å². The average molecular weight is 375 g/mol. The molecule has 1 atom stereocenters. The van der Waals surface area contributed by atoms with E-state index in [1.165, 1.54) is 12.1 Å². The Hall–Kier alpha value is -2.64. The zero-order chi connectivity index (χ0) is 18.8. The van der Waals surface area contributed by atoms with Gasteiger partial charge in [0.25, 0.3) is 0 Å². The van der Waals surface area contributed by atoms with Crippen molar-refractivity contribution in [1.29, 1.82) is 0 Å². The van der Waals surface area contributed by atoms with Crippen molar-refractivity contribution in [2.75, 3.05) is 29.9 Å². The molecule has 0 bridgehead atoms. The molecular formula is C19H23F2N5O. The molecule has 6 nitrogen and oxygen atoms in total. The first-order chi connectivity index (χ1) is 13.1. The molecule has 0 saturated carbocycles. The molecule has 1 aromatic carbocycles. The van der Waals surface area contributed by atoms with Crippen LogP contribution in [0, 0.1) is 11.6 Å². The fourth-order valence-electron chi connectivity index (χ4n) is 4.01. The molecular weight excluding hydrogens is 352 g/mol. The van der Waals surface area contributed by atoms with Crippen molar-refractivity contribution in [2.24, 2.45) is 0 Å². The maximum Gasteiger partial charge on any atom is 0.322 e. The summed E-state index contributed by atoms with van der Waals surface area (Å²) < 4.78 is 30.9. The Balaban J connectivity index is 1.45. The largest absolute Gasteiger partial charge is 0.367 e. The summed E-state index contributed by atoms with van der Waals surface area (Å²) in [6, 6.07) is 2.12. The molecule has 1 aromatic heterocycles. The van der Waals surface area contributed by atoms with E-state index in [1.54, 1.807) is 22.3 Å². The number of carbonyl (C=O) groups excluding carboxylic acids is 1. The van der Waals surface area contributed by atoms with Crippen LogP contribution in [0.5, 0.6) is 0 Å². The number of aromatic nitrogens is 2. The van der Waals surface area contributed by atoms with Crippen molar-refractivity contribution >= 4 is 17.4 Å². The molecule has 144 valence electrons. The minimum atomic E-state index is -0.636. The number of nitrogens with zero attached hydrogens (tertiary/aromatic N) is 4. The Bertz CT molecular complexity index is 781. The van der Waals surface area contributed by atoms with E-state index in [9.17, 15) is 13.6 Å². The smallest absolute Gasteiger partial charge is 0.322 e. The predicted octanol–water partition coefficient (Wildman–Crippen LogP) is 3.46. The molecule has 4 rings (SSSR count). The molecule has 3 heterocycles. The van der Waals surface area contributed by atoms with Gasteiger partial charge in [0.1, 0.15) is 5.69 Å². The Morgan fingerprint density at radius 2 is 1.89 bits per heavy atom. The third-order valence-corrected chi connectivity index (χ3v) is 5.31. The second kappa shape index (κ2) is 7.54. The van der Waals surface area contributed by atoms with Crippen LogP contribution in [0.3, 0.4) is 0 Å². The molecule has 2 aliphatic heterocycles. The summed E-state index contributed by atoms with van der Waals surface area (Å²) in [6.45, 7) is 2.60. The van der Waals surface area contributed by atoms with Gasteiger partial charge in [-0.25, -0.2) is 18.6 Å². The van der Waals surface area contributed by atoms with Gasteiger partial charge in [0.2, 0.25) is 0 Å². The number of nitrogens with one attached hydrogen (secondary N) is 1. The topological polar surface area (TPSA) is 53.4 Å². The van der Waals surface area contributed by atoms with E-state index < -0.39 is 11.6 Å². The van der Waals surface area contributed by atoms with Gasteiger partial charge >= 0.3 is 6.03 Å². The first kappa shape index (κ1) is 17.8. The van der Waals surface area contributed by atoms with Gasteiger partial charge in [-0.1, -0.05) is 0 Å². The van der Waals surface area contributed by atoms with Gasteiger partial charge in [-0.2, -0.15) is 0 Å². The number of imidazole rings is 1. The van der Waals surface area contributed by atoms with Gasteiger partial charge in [0, 0.05) is 44.3 Å². The van der Waals surface area contributed by atoms with Crippen LogP contribution in [0.4, 0.5) is 25.0 Å². The first-order valence-electron chi connectivity index (χ1n) is 9.39. The summed E-state index contributed by atoms with van der Waals surface area (Å²) in [5.74, 6) is -1.27. The highest BCUT2D eigenvalue weighted by Gasteiger charge is 2.29. The van der Waals surface area contributed by atoms with Crippen LogP contribution >= 0.6 is 0 Å². The average Bonchev–Trinajstić information content (AvgIpc) is 3.37. The Morgan fingerprint density at radius 3 is 2.56 bits per heavy atom. The Labute approximate surface area is 156 Å². The number of benzene rings is 1. The first-order valence-corrected chi connectivity index (χ1v) is 9.39. The molecule has 2 fully saturated rings. The molecule has 27 heavy (non-hydrogen) atoms. The van der Waals surface area contributed by atoms with E-state index in [1.807, 2.05) is 10.8 Å². The molecule has 2 saturated heterocycles. The summed E-state index contributed by atoms with van der Waals surface area (Å²) in [6.07, 6.45) is 8.94. The normalized spacial score (nSPS) is 19.7. The minimum Gasteiger partial charge on any atom is -0.367 e. The number of likely N-dealkylation sites (tertiary alicyclic amines) is 1. The monoisotopic (exact) mass is 375 g/mol. The van der Waals surface area contributed by atoms with E-state index in [0.717, 1.165) is 25.7 Å². The highest BCUT2D eigenvalue weighted by Crippen LogP contribution is 2.30. The quantitative estimate of drug-likeness (QED) is 0.891. The molecule has 0 aliphatic carbocycles. The van der Waals surface area contributed by atoms with Crippen LogP contribution in [0.15, 0.2) is 30.9 Å². The van der Waals surface area contributed by atoms with E-state index >= 15 is 0 Å². The van der Waals surface area contributed by atoms with Gasteiger partial charge in [-0.05, 0) is 37.8 Å². The number of amides is 2. The number of urea groups is 1. The maximum absolute atomic E-state index is 14.5. The lowest BCUT2D eigenvalue weighted by Crippen LogP contribution is -2.40. The third-order valence-electron chi connectivity index (χ3n) is 5.31. The van der Waals surface area contributed by atoms with Gasteiger partial charge in [-0.3, -0.25) is 0 Å². The molecule has 0 unspecified atom stereocenters. The van der Waals surface area contributed by atoms with Crippen molar-refractivity contribution in [2.45, 2.75) is 38.3 Å². The van der Waals surface area contributed by atoms with E-state index in [-0.39, 0.29) is 23.4 Å². The summed E-state index contributed by atoms with van der Waals surface area (Å²) in [4.78, 5) is 20.1. The predicted molar refractivity (Wildman–Crippen MR) is 98.8 cm³/mol. The molecule has 0 spiro atoms. The van der Waals surface area contributed by atoms with Gasteiger partial charge in [0.15, 0.2) is 11.6 Å². The fourth-order valence-corrected chi connectivity index (χ4v) is 4.01. The van der Waals surface area contributed by atoms with E-state index in [0.29, 0.717) is 26.2 Å². The Morgan fingerprint density at radius 1 is 1.15 bits per heavy atom. The fraction of sp³-hybridized carbons (Fsp3) is 0.474. The maximum atomic E-state index is 14.5. The molecule has 1 N–H and O–H groups in total. The van der Waals surface area contributed by atoms with Crippen LogP contribution in [0.2, 0.25) is 0 Å². The summed E-state index contributed by atoms with van der Waals surface area (Å²) in [5, 5.41) is 2.66. The van der Waals surface area contributed by atoms with Crippen LogP contribution in [-0.4, -0.2) is 46.2 Å². The molecule has 2 aliphatic rings. The minimum absolute atomic E-state index is 0.00431. The summed E-state index contributed by atoms with van der Waals surface area (Å²) in [5.41, 5.74) is 0.149. The lowest BCUT2D eigenvalue weighted by Gasteiger charge is -2.25. The zero-order valence-electron chi connectivity index (χ0n) is 15.1. The lowest BCUT2D eigenvalue weighted by atomic mass is 10.2. The van der Waals surface area contributed by atoms with Crippen molar-refractivity contribution in [3.63, 3.8) is 0 Å². The van der Waals surface area contributed by atoms with Crippen molar-refractivity contribution < 1.29 is 13.6 Å². The summed E-state index contributed by atoms with van der Waals surface area (Å²) in [7, 11) is 0. The SMILES string of the molecule is O=C(Nc1cc(F)c(N2CCCC2)c(F)c1)N1CCC[C@@H]1Cn1ccnc1. The summed E-state index contributed by atoms with van der Waals surface area (Å²) >= 11 is 0. The number of anilines is 2. The van der Waals surface area contributed by atoms with Crippen molar-refractivity contribution in [1.82, 2.24) is 14.5 Å². The highest BCUT2D eigenvalue weighted by molar-refractivity contribution is 5.90. The molecule has 2 aromatic rings. The van der Waals surface area contributed by atoms with Crippen LogP contribution in [0.1, 0.15) is 25.7 Å². The van der Waals surface area contributed by atoms with E-state index in [2.05, 4.69) is 10.3 Å². The molecule has 2 amide bonds. The third kappa shape index (κ3) is 3.74. The van der Waals surface area contributed by atoms with Gasteiger partial charge in [-0.15, -0.1) is 0 Å². The van der Waals surface area contributed by atoms with Gasteiger partial charge in [0.05, 0.1) is 12.4 Å². The standard InChI is InChI=1S/C19H23F2N5O/c20-16-10-14(11-17(21)18(16)25-6-1-2-7-25)23-19(27)26-8-3-4-15(26)12-24-9-5-22-13-24/h5,9-11,13,15H,1-4,6-8,12H2,(H,23,27)/t15-/m1/s1. The molecule has 8 heteroatoms. The van der Waals surface area contributed by atoms with Crippen molar-refractivity contribution in [3.05, 3.63) is 42.5 Å². The van der Waals surface area contributed by atoms with Crippen LogP contribution in [0.25, 0.3) is 0 Å². The van der Waals surface area contributed by atoms with Crippen LogP contribution < -0.4 is 10.2 Å². The number of carbonyl (C=O) groups is 1. The second-order valence-electron chi connectivity index (χ2n) is 7.16. The van der Waals surface area contributed by atoms with Crippen LogP contribution in [-0.2, 0) is 6.54 Å². The number of rotatable bonds is 4. The van der Waals surface area contributed by atoms with E-state index in [4.69, 9.17) is 0 Å².